The largest absolute Gasteiger partial charge is 0.335 e. The van der Waals surface area contributed by atoms with Gasteiger partial charge >= 0.3 is 0 Å². The van der Waals surface area contributed by atoms with Gasteiger partial charge in [0.15, 0.2) is 0 Å². The maximum Gasteiger partial charge on any atom is 0.145 e. The zero-order chi connectivity index (χ0) is 11.0. The monoisotopic (exact) mass is 211 g/mol. The average molecular weight is 211 g/mol. The fourth-order valence-electron chi connectivity index (χ4n) is 2.16. The second-order valence-electron chi connectivity index (χ2n) is 4.35. The fraction of sp³-hybridized carbons (Fsp3) is 0.214. The van der Waals surface area contributed by atoms with Crippen molar-refractivity contribution >= 4 is 6.29 Å². The molecule has 0 unspecified atom stereocenters. The first-order valence-corrected chi connectivity index (χ1v) is 5.55. The molecule has 16 heavy (non-hydrogen) atoms. The van der Waals surface area contributed by atoms with E-state index in [4.69, 9.17) is 0 Å². The second kappa shape index (κ2) is 3.34. The summed E-state index contributed by atoms with van der Waals surface area (Å²) >= 11 is 0. The Bertz CT molecular complexity index is 509. The van der Waals surface area contributed by atoms with Crippen LogP contribution in [0.4, 0.5) is 0 Å². The van der Waals surface area contributed by atoms with Crippen molar-refractivity contribution in [2.45, 2.75) is 18.4 Å². The average Bonchev–Trinajstić information content (AvgIpc) is 2.99. The van der Waals surface area contributed by atoms with E-state index in [9.17, 15) is 4.79 Å². The molecule has 0 N–H and O–H groups in total. The molecule has 0 saturated heterocycles. The lowest BCUT2D eigenvalue weighted by Crippen LogP contribution is -2.18. The van der Waals surface area contributed by atoms with E-state index in [1.807, 2.05) is 30.5 Å². The molecule has 1 aromatic carbocycles. The third kappa shape index (κ3) is 1.30. The van der Waals surface area contributed by atoms with Gasteiger partial charge in [-0.3, -0.25) is 0 Å². The third-order valence-corrected chi connectivity index (χ3v) is 3.28. The van der Waals surface area contributed by atoms with Crippen LogP contribution in [-0.2, 0) is 10.3 Å². The lowest BCUT2D eigenvalue weighted by Gasteiger charge is -2.14. The number of hydrogen-bond donors (Lipinski definition) is 0. The van der Waals surface area contributed by atoms with E-state index >= 15 is 0 Å². The number of rotatable bonds is 3. The van der Waals surface area contributed by atoms with Crippen LogP contribution < -0.4 is 0 Å². The molecule has 0 bridgehead atoms. The van der Waals surface area contributed by atoms with Crippen molar-refractivity contribution < 1.29 is 4.79 Å². The Hall–Kier alpha value is -1.83. The molecule has 2 nitrogen and oxygen atoms in total. The van der Waals surface area contributed by atoms with Crippen LogP contribution in [0.3, 0.4) is 0 Å². The summed E-state index contributed by atoms with van der Waals surface area (Å²) in [7, 11) is 0. The predicted molar refractivity (Wildman–Crippen MR) is 63.1 cm³/mol. The molecule has 1 fully saturated rings. The summed E-state index contributed by atoms with van der Waals surface area (Å²) in [5, 5.41) is 0. The van der Waals surface area contributed by atoms with E-state index in [1.54, 1.807) is 0 Å². The summed E-state index contributed by atoms with van der Waals surface area (Å²) in [6.45, 7) is 0. The highest BCUT2D eigenvalue weighted by molar-refractivity contribution is 5.70. The highest BCUT2D eigenvalue weighted by Crippen LogP contribution is 2.44. The molecule has 2 heteroatoms. The lowest BCUT2D eigenvalue weighted by molar-refractivity contribution is -0.111. The van der Waals surface area contributed by atoms with Crippen LogP contribution in [0.1, 0.15) is 12.8 Å². The van der Waals surface area contributed by atoms with Crippen molar-refractivity contribution in [1.29, 1.82) is 0 Å². The van der Waals surface area contributed by atoms with Crippen molar-refractivity contribution in [3.63, 3.8) is 0 Å². The Morgan fingerprint density at radius 3 is 2.44 bits per heavy atom. The smallest absolute Gasteiger partial charge is 0.145 e. The Balaban J connectivity index is 2.10. The molecule has 1 aliphatic carbocycles. The Kier molecular flexibility index (Phi) is 1.96. The molecular weight excluding hydrogens is 198 g/mol. The standard InChI is InChI=1S/C14H13NO/c16-11-14(8-9-14)15-10-4-7-13(15)12-5-2-1-3-6-12/h1-7,10-11H,8-9H2. The third-order valence-electron chi connectivity index (χ3n) is 3.28. The number of aldehydes is 1. The van der Waals surface area contributed by atoms with Crippen LogP contribution in [-0.4, -0.2) is 10.9 Å². The lowest BCUT2D eigenvalue weighted by atomic mass is 10.1. The maximum atomic E-state index is 11.2. The number of hydrogen-bond acceptors (Lipinski definition) is 1. The van der Waals surface area contributed by atoms with Gasteiger partial charge in [0.1, 0.15) is 11.8 Å². The molecule has 80 valence electrons. The van der Waals surface area contributed by atoms with Crippen molar-refractivity contribution in [2.24, 2.45) is 0 Å². The number of carbonyl (C=O) groups excluding carboxylic acids is 1. The van der Waals surface area contributed by atoms with Gasteiger partial charge < -0.3 is 9.36 Å². The number of carbonyl (C=O) groups is 1. The minimum absolute atomic E-state index is 0.255. The first kappa shape index (κ1) is 9.40. The van der Waals surface area contributed by atoms with Gasteiger partial charge in [-0.25, -0.2) is 0 Å². The number of aromatic nitrogens is 1. The van der Waals surface area contributed by atoms with Gasteiger partial charge in [0.05, 0.1) is 0 Å². The van der Waals surface area contributed by atoms with Crippen LogP contribution in [0.25, 0.3) is 11.3 Å². The number of benzene rings is 1. The highest BCUT2D eigenvalue weighted by atomic mass is 16.1. The molecular formula is C14H13NO. The summed E-state index contributed by atoms with van der Waals surface area (Å²) in [5.41, 5.74) is 2.04. The zero-order valence-corrected chi connectivity index (χ0v) is 8.97. The van der Waals surface area contributed by atoms with Gasteiger partial charge in [0.2, 0.25) is 0 Å². The minimum atomic E-state index is -0.255. The number of nitrogens with zero attached hydrogens (tertiary/aromatic N) is 1. The minimum Gasteiger partial charge on any atom is -0.335 e. The molecule has 2 aromatic rings. The summed E-state index contributed by atoms with van der Waals surface area (Å²) in [4.78, 5) is 11.2. The maximum absolute atomic E-state index is 11.2. The molecule has 1 heterocycles. The zero-order valence-electron chi connectivity index (χ0n) is 8.97. The summed E-state index contributed by atoms with van der Waals surface area (Å²) in [5.74, 6) is 0. The normalized spacial score (nSPS) is 17.0. The van der Waals surface area contributed by atoms with Gasteiger partial charge in [-0.1, -0.05) is 30.3 Å². The highest BCUT2D eigenvalue weighted by Gasteiger charge is 2.45. The van der Waals surface area contributed by atoms with Crippen LogP contribution in [0.15, 0.2) is 48.7 Å². The summed E-state index contributed by atoms with van der Waals surface area (Å²) < 4.78 is 2.11. The van der Waals surface area contributed by atoms with Crippen molar-refractivity contribution in [3.05, 3.63) is 48.7 Å². The summed E-state index contributed by atoms with van der Waals surface area (Å²) in [6, 6.07) is 14.3. The van der Waals surface area contributed by atoms with E-state index in [1.165, 1.54) is 5.56 Å². The molecule has 0 spiro atoms. The molecule has 0 radical (unpaired) electrons. The van der Waals surface area contributed by atoms with Crippen LogP contribution in [0, 0.1) is 0 Å². The van der Waals surface area contributed by atoms with Gasteiger partial charge in [-0.2, -0.15) is 0 Å². The second-order valence-corrected chi connectivity index (χ2v) is 4.35. The first-order valence-electron chi connectivity index (χ1n) is 5.55. The molecule has 1 aromatic heterocycles. The van der Waals surface area contributed by atoms with Crippen molar-refractivity contribution in [2.75, 3.05) is 0 Å². The molecule has 0 amide bonds. The van der Waals surface area contributed by atoms with Crippen LogP contribution in [0.2, 0.25) is 0 Å². The topological polar surface area (TPSA) is 22.0 Å². The Morgan fingerprint density at radius 2 is 1.81 bits per heavy atom. The Labute approximate surface area is 94.5 Å². The van der Waals surface area contributed by atoms with Crippen molar-refractivity contribution in [3.8, 4) is 11.3 Å². The van der Waals surface area contributed by atoms with E-state index in [2.05, 4.69) is 22.8 Å². The van der Waals surface area contributed by atoms with Crippen LogP contribution in [0.5, 0.6) is 0 Å². The summed E-state index contributed by atoms with van der Waals surface area (Å²) in [6.07, 6.45) is 5.01. The molecule has 1 saturated carbocycles. The molecule has 1 aliphatic rings. The first-order chi connectivity index (χ1) is 7.86. The van der Waals surface area contributed by atoms with Gasteiger partial charge in [0, 0.05) is 11.9 Å². The van der Waals surface area contributed by atoms with E-state index in [0.29, 0.717) is 0 Å². The van der Waals surface area contributed by atoms with Gasteiger partial charge in [-0.05, 0) is 30.5 Å². The predicted octanol–water partition coefficient (Wildman–Crippen LogP) is 2.84. The van der Waals surface area contributed by atoms with Crippen molar-refractivity contribution in [1.82, 2.24) is 4.57 Å². The van der Waals surface area contributed by atoms with Gasteiger partial charge in [0.25, 0.3) is 0 Å². The SMILES string of the molecule is O=CC1(n2cccc2-c2ccccc2)CC1. The van der Waals surface area contributed by atoms with Gasteiger partial charge in [-0.15, -0.1) is 0 Å². The Morgan fingerprint density at radius 1 is 1.06 bits per heavy atom. The van der Waals surface area contributed by atoms with E-state index in [-0.39, 0.29) is 5.54 Å². The van der Waals surface area contributed by atoms with Crippen LogP contribution >= 0.6 is 0 Å². The van der Waals surface area contributed by atoms with E-state index in [0.717, 1.165) is 24.8 Å². The molecule has 3 rings (SSSR count). The van der Waals surface area contributed by atoms with E-state index < -0.39 is 0 Å². The molecule has 0 atom stereocenters. The fourth-order valence-corrected chi connectivity index (χ4v) is 2.16. The quantitative estimate of drug-likeness (QED) is 0.715. The molecule has 0 aliphatic heterocycles.